The van der Waals surface area contributed by atoms with Crippen LogP contribution in [0.5, 0.6) is 0 Å². The number of anilines is 1. The molecule has 100 valence electrons. The first kappa shape index (κ1) is 14.1. The molecule has 1 atom stereocenters. The summed E-state index contributed by atoms with van der Waals surface area (Å²) in [6, 6.07) is 1.52. The zero-order valence-electron chi connectivity index (χ0n) is 10.7. The number of hydrogen-bond acceptors (Lipinski definition) is 4. The Morgan fingerprint density at radius 1 is 1.50 bits per heavy atom. The van der Waals surface area contributed by atoms with E-state index in [9.17, 15) is 9.59 Å². The minimum Gasteiger partial charge on any atom is -0.479 e. The number of carboxylic acids is 1. The van der Waals surface area contributed by atoms with Crippen LogP contribution in [0.25, 0.3) is 0 Å². The van der Waals surface area contributed by atoms with E-state index in [2.05, 4.69) is 0 Å². The SMILES string of the molecule is CCC(OC(=O)c1cc(N)cn1C(C)C)C(=O)O. The molecule has 0 aliphatic rings. The Hall–Kier alpha value is -1.98. The summed E-state index contributed by atoms with van der Waals surface area (Å²) in [5.74, 6) is -1.82. The number of nitrogens with two attached hydrogens (primary N) is 1. The number of aromatic nitrogens is 1. The number of esters is 1. The molecule has 6 nitrogen and oxygen atoms in total. The van der Waals surface area contributed by atoms with E-state index in [1.165, 1.54) is 6.07 Å². The van der Waals surface area contributed by atoms with Gasteiger partial charge in [0.25, 0.3) is 0 Å². The largest absolute Gasteiger partial charge is 0.479 e. The van der Waals surface area contributed by atoms with Crippen molar-refractivity contribution in [3.8, 4) is 0 Å². The van der Waals surface area contributed by atoms with Crippen LogP contribution in [-0.4, -0.2) is 27.7 Å². The fourth-order valence-electron chi connectivity index (χ4n) is 1.59. The van der Waals surface area contributed by atoms with Gasteiger partial charge in [-0.1, -0.05) is 6.92 Å². The molecule has 0 saturated carbocycles. The third-order valence-electron chi connectivity index (χ3n) is 2.53. The lowest BCUT2D eigenvalue weighted by atomic mass is 10.3. The maximum absolute atomic E-state index is 11.9. The molecule has 0 bridgehead atoms. The quantitative estimate of drug-likeness (QED) is 0.779. The van der Waals surface area contributed by atoms with E-state index in [-0.39, 0.29) is 18.2 Å². The highest BCUT2D eigenvalue weighted by molar-refractivity contribution is 5.91. The van der Waals surface area contributed by atoms with Crippen LogP contribution in [0.3, 0.4) is 0 Å². The van der Waals surface area contributed by atoms with Gasteiger partial charge in [0.15, 0.2) is 6.10 Å². The average molecular weight is 254 g/mol. The van der Waals surface area contributed by atoms with Gasteiger partial charge in [-0.2, -0.15) is 0 Å². The number of carboxylic acid groups (broad SMARTS) is 1. The van der Waals surface area contributed by atoms with Crippen molar-refractivity contribution in [1.29, 1.82) is 0 Å². The molecule has 1 unspecified atom stereocenters. The first-order valence-corrected chi connectivity index (χ1v) is 5.78. The summed E-state index contributed by atoms with van der Waals surface area (Å²) in [7, 11) is 0. The van der Waals surface area contributed by atoms with Crippen LogP contribution < -0.4 is 5.73 Å². The maximum Gasteiger partial charge on any atom is 0.355 e. The summed E-state index contributed by atoms with van der Waals surface area (Å²) >= 11 is 0. The topological polar surface area (TPSA) is 94.5 Å². The van der Waals surface area contributed by atoms with Crippen molar-refractivity contribution in [3.63, 3.8) is 0 Å². The summed E-state index contributed by atoms with van der Waals surface area (Å²) in [4.78, 5) is 22.7. The van der Waals surface area contributed by atoms with Gasteiger partial charge in [0.05, 0.1) is 5.69 Å². The van der Waals surface area contributed by atoms with Crippen molar-refractivity contribution in [2.24, 2.45) is 0 Å². The van der Waals surface area contributed by atoms with E-state index in [1.54, 1.807) is 17.7 Å². The molecule has 18 heavy (non-hydrogen) atoms. The molecule has 3 N–H and O–H groups in total. The van der Waals surface area contributed by atoms with Crippen molar-refractivity contribution in [3.05, 3.63) is 18.0 Å². The molecule has 0 spiro atoms. The molecule has 0 fully saturated rings. The predicted molar refractivity (Wildman–Crippen MR) is 66.4 cm³/mol. The van der Waals surface area contributed by atoms with Gasteiger partial charge < -0.3 is 20.1 Å². The van der Waals surface area contributed by atoms with Gasteiger partial charge in [-0.25, -0.2) is 9.59 Å². The molecule has 0 amide bonds. The number of ether oxygens (including phenoxy) is 1. The Morgan fingerprint density at radius 2 is 2.11 bits per heavy atom. The lowest BCUT2D eigenvalue weighted by Crippen LogP contribution is -2.27. The highest BCUT2D eigenvalue weighted by Crippen LogP contribution is 2.18. The maximum atomic E-state index is 11.9. The van der Waals surface area contributed by atoms with Crippen molar-refractivity contribution >= 4 is 17.6 Å². The van der Waals surface area contributed by atoms with Gasteiger partial charge in [0, 0.05) is 12.2 Å². The number of carbonyl (C=O) groups is 2. The fraction of sp³-hybridized carbons (Fsp3) is 0.500. The van der Waals surface area contributed by atoms with E-state index in [0.29, 0.717) is 5.69 Å². The molecule has 1 aromatic rings. The fourth-order valence-corrected chi connectivity index (χ4v) is 1.59. The summed E-state index contributed by atoms with van der Waals surface area (Å²) in [5.41, 5.74) is 6.34. The van der Waals surface area contributed by atoms with Gasteiger partial charge in [0.2, 0.25) is 0 Å². The molecule has 0 saturated heterocycles. The van der Waals surface area contributed by atoms with Crippen LogP contribution in [0.2, 0.25) is 0 Å². The Labute approximate surface area is 105 Å². The average Bonchev–Trinajstić information content (AvgIpc) is 2.67. The number of aliphatic carboxylic acids is 1. The normalized spacial score (nSPS) is 12.4. The molecule has 1 rings (SSSR count). The first-order valence-electron chi connectivity index (χ1n) is 5.78. The molecule has 1 aromatic heterocycles. The van der Waals surface area contributed by atoms with Crippen molar-refractivity contribution in [1.82, 2.24) is 4.57 Å². The van der Waals surface area contributed by atoms with Crippen LogP contribution in [0.15, 0.2) is 12.3 Å². The third kappa shape index (κ3) is 3.03. The van der Waals surface area contributed by atoms with E-state index in [0.717, 1.165) is 0 Å². The number of nitrogen functional groups attached to an aromatic ring is 1. The summed E-state index contributed by atoms with van der Waals surface area (Å²) in [6.07, 6.45) is 0.719. The Balaban J connectivity index is 2.93. The molecule has 0 aromatic carbocycles. The molecular weight excluding hydrogens is 236 g/mol. The van der Waals surface area contributed by atoms with Crippen molar-refractivity contribution in [2.45, 2.75) is 39.3 Å². The monoisotopic (exact) mass is 254 g/mol. The zero-order valence-corrected chi connectivity index (χ0v) is 10.7. The summed E-state index contributed by atoms with van der Waals surface area (Å²) in [6.45, 7) is 5.43. The zero-order chi connectivity index (χ0) is 13.9. The number of nitrogens with zero attached hydrogens (tertiary/aromatic N) is 1. The minimum atomic E-state index is -1.15. The lowest BCUT2D eigenvalue weighted by Gasteiger charge is -2.15. The second-order valence-electron chi connectivity index (χ2n) is 4.30. The van der Waals surface area contributed by atoms with Crippen LogP contribution >= 0.6 is 0 Å². The second-order valence-corrected chi connectivity index (χ2v) is 4.30. The second kappa shape index (κ2) is 5.57. The third-order valence-corrected chi connectivity index (χ3v) is 2.53. The van der Waals surface area contributed by atoms with Gasteiger partial charge in [-0.3, -0.25) is 0 Å². The minimum absolute atomic E-state index is 0.0368. The molecule has 6 heteroatoms. The number of hydrogen-bond donors (Lipinski definition) is 2. The molecule has 0 aliphatic heterocycles. The number of carbonyl (C=O) groups excluding carboxylic acids is 1. The van der Waals surface area contributed by atoms with Crippen LogP contribution in [0.1, 0.15) is 43.7 Å². The van der Waals surface area contributed by atoms with Gasteiger partial charge in [-0.05, 0) is 26.3 Å². The molecule has 0 aliphatic carbocycles. The van der Waals surface area contributed by atoms with E-state index in [1.807, 2.05) is 13.8 Å². The van der Waals surface area contributed by atoms with E-state index < -0.39 is 18.0 Å². The smallest absolute Gasteiger partial charge is 0.355 e. The van der Waals surface area contributed by atoms with E-state index in [4.69, 9.17) is 15.6 Å². The van der Waals surface area contributed by atoms with Gasteiger partial charge in [-0.15, -0.1) is 0 Å². The Bertz CT molecular complexity index is 451. The molecular formula is C12H18N2O4. The van der Waals surface area contributed by atoms with Crippen LogP contribution in [-0.2, 0) is 9.53 Å². The van der Waals surface area contributed by atoms with E-state index >= 15 is 0 Å². The highest BCUT2D eigenvalue weighted by atomic mass is 16.6. The number of rotatable bonds is 5. The standard InChI is InChI=1S/C12H18N2O4/c1-4-10(11(15)16)18-12(17)9-5-8(13)6-14(9)7(2)3/h5-7,10H,4,13H2,1-3H3,(H,15,16). The molecule has 1 heterocycles. The summed E-state index contributed by atoms with van der Waals surface area (Å²) < 4.78 is 6.60. The predicted octanol–water partition coefficient (Wildman–Crippen LogP) is 1.67. The summed E-state index contributed by atoms with van der Waals surface area (Å²) in [5, 5.41) is 8.84. The van der Waals surface area contributed by atoms with Crippen molar-refractivity contribution in [2.75, 3.05) is 5.73 Å². The Morgan fingerprint density at radius 3 is 2.56 bits per heavy atom. The van der Waals surface area contributed by atoms with Gasteiger partial charge >= 0.3 is 11.9 Å². The van der Waals surface area contributed by atoms with Crippen molar-refractivity contribution < 1.29 is 19.4 Å². The van der Waals surface area contributed by atoms with Gasteiger partial charge in [0.1, 0.15) is 5.69 Å². The van der Waals surface area contributed by atoms with Crippen LogP contribution in [0.4, 0.5) is 5.69 Å². The highest BCUT2D eigenvalue weighted by Gasteiger charge is 2.23. The first-order chi connectivity index (χ1) is 8.36. The van der Waals surface area contributed by atoms with Crippen LogP contribution in [0, 0.1) is 0 Å². The lowest BCUT2D eigenvalue weighted by molar-refractivity contribution is -0.147. The Kier molecular flexibility index (Phi) is 4.36. The molecule has 0 radical (unpaired) electrons.